The van der Waals surface area contributed by atoms with Crippen LogP contribution in [0.4, 0.5) is 5.95 Å². The predicted molar refractivity (Wildman–Crippen MR) is 66.2 cm³/mol. The molecule has 7 heteroatoms. The lowest BCUT2D eigenvalue weighted by atomic mass is 9.82. The number of nitrogens with two attached hydrogens (primary N) is 1. The summed E-state index contributed by atoms with van der Waals surface area (Å²) >= 11 is 0. The van der Waals surface area contributed by atoms with E-state index in [1.807, 2.05) is 0 Å². The van der Waals surface area contributed by atoms with E-state index in [9.17, 15) is 4.79 Å². The van der Waals surface area contributed by atoms with Crippen LogP contribution in [0.2, 0.25) is 0 Å². The third-order valence-electron chi connectivity index (χ3n) is 3.62. The van der Waals surface area contributed by atoms with E-state index in [2.05, 4.69) is 27.2 Å². The molecular weight excluding hydrogens is 232 g/mol. The number of anilines is 1. The largest absolute Gasteiger partial charge is 0.368 e. The number of hydrogen-bond acceptors (Lipinski definition) is 5. The van der Waals surface area contributed by atoms with E-state index in [-0.39, 0.29) is 17.2 Å². The average Bonchev–Trinajstić information content (AvgIpc) is 2.72. The Bertz CT molecular complexity index is 630. The van der Waals surface area contributed by atoms with E-state index in [0.29, 0.717) is 11.8 Å². The molecule has 2 atom stereocenters. The van der Waals surface area contributed by atoms with Crippen molar-refractivity contribution in [1.82, 2.24) is 24.8 Å². The normalized spacial score (nSPS) is 24.5. The standard InChI is InChI=1S/C11H16N6O/c1-6-3-2-4-7(5-6)8-14-15-9-10(18)13-11(12)16-17(8)9/h6-7H,2-5H2,1H3,(H3,12,13,16,18). The lowest BCUT2D eigenvalue weighted by molar-refractivity contribution is 0.332. The van der Waals surface area contributed by atoms with Gasteiger partial charge in [-0.15, -0.1) is 15.3 Å². The maximum absolute atomic E-state index is 11.7. The van der Waals surface area contributed by atoms with Crippen molar-refractivity contribution in [2.45, 2.75) is 38.5 Å². The van der Waals surface area contributed by atoms with Crippen LogP contribution in [0.1, 0.15) is 44.3 Å². The minimum Gasteiger partial charge on any atom is -0.368 e. The summed E-state index contributed by atoms with van der Waals surface area (Å²) in [6.07, 6.45) is 4.57. The fourth-order valence-corrected chi connectivity index (χ4v) is 2.76. The molecule has 0 aromatic carbocycles. The van der Waals surface area contributed by atoms with Gasteiger partial charge in [-0.1, -0.05) is 19.8 Å². The van der Waals surface area contributed by atoms with Gasteiger partial charge in [-0.25, -0.2) is 0 Å². The zero-order valence-corrected chi connectivity index (χ0v) is 10.3. The van der Waals surface area contributed by atoms with Crippen molar-refractivity contribution in [2.24, 2.45) is 5.92 Å². The Balaban J connectivity index is 2.09. The average molecular weight is 248 g/mol. The molecule has 96 valence electrons. The van der Waals surface area contributed by atoms with E-state index in [1.54, 1.807) is 0 Å². The molecule has 2 aromatic heterocycles. The van der Waals surface area contributed by atoms with Gasteiger partial charge in [0.05, 0.1) is 0 Å². The Labute approximate surface area is 103 Å². The lowest BCUT2D eigenvalue weighted by Crippen LogP contribution is -2.19. The van der Waals surface area contributed by atoms with Crippen molar-refractivity contribution in [3.05, 3.63) is 16.2 Å². The summed E-state index contributed by atoms with van der Waals surface area (Å²) in [5.41, 5.74) is 5.44. The van der Waals surface area contributed by atoms with Crippen LogP contribution >= 0.6 is 0 Å². The first-order valence-electron chi connectivity index (χ1n) is 6.26. The van der Waals surface area contributed by atoms with Gasteiger partial charge in [-0.3, -0.25) is 9.78 Å². The Hall–Kier alpha value is -1.92. The fraction of sp³-hybridized carbons (Fsp3) is 0.636. The third kappa shape index (κ3) is 1.75. The minimum atomic E-state index is -0.342. The van der Waals surface area contributed by atoms with Crippen molar-refractivity contribution >= 4 is 11.6 Å². The van der Waals surface area contributed by atoms with Crippen molar-refractivity contribution in [3.63, 3.8) is 0 Å². The number of nitrogens with one attached hydrogen (secondary N) is 1. The van der Waals surface area contributed by atoms with E-state index >= 15 is 0 Å². The Morgan fingerprint density at radius 3 is 3.00 bits per heavy atom. The maximum atomic E-state index is 11.7. The summed E-state index contributed by atoms with van der Waals surface area (Å²) in [7, 11) is 0. The van der Waals surface area contributed by atoms with Gasteiger partial charge >= 0.3 is 0 Å². The molecule has 1 saturated carbocycles. The summed E-state index contributed by atoms with van der Waals surface area (Å²) in [4.78, 5) is 14.1. The highest BCUT2D eigenvalue weighted by Crippen LogP contribution is 2.34. The maximum Gasteiger partial charge on any atom is 0.297 e. The molecule has 0 amide bonds. The molecule has 7 nitrogen and oxygen atoms in total. The number of nitrogens with zero attached hydrogens (tertiary/aromatic N) is 4. The highest BCUT2D eigenvalue weighted by atomic mass is 16.1. The molecular formula is C11H16N6O. The SMILES string of the molecule is CC1CCCC(c2nnc3c(=O)[nH]c(N)nn23)C1. The molecule has 2 aromatic rings. The molecule has 3 N–H and O–H groups in total. The quantitative estimate of drug-likeness (QED) is 0.773. The summed E-state index contributed by atoms with van der Waals surface area (Å²) < 4.78 is 1.50. The molecule has 3 rings (SSSR count). The van der Waals surface area contributed by atoms with Crippen LogP contribution in [0.5, 0.6) is 0 Å². The van der Waals surface area contributed by atoms with Gasteiger partial charge in [0.15, 0.2) is 5.82 Å². The highest BCUT2D eigenvalue weighted by Gasteiger charge is 2.25. The monoisotopic (exact) mass is 248 g/mol. The fourth-order valence-electron chi connectivity index (χ4n) is 2.76. The van der Waals surface area contributed by atoms with Crippen LogP contribution in [-0.2, 0) is 0 Å². The van der Waals surface area contributed by atoms with Crippen molar-refractivity contribution in [2.75, 3.05) is 5.73 Å². The summed E-state index contributed by atoms with van der Waals surface area (Å²) in [5.74, 6) is 1.85. The van der Waals surface area contributed by atoms with Gasteiger partial charge in [0.1, 0.15) is 0 Å². The van der Waals surface area contributed by atoms with Gasteiger partial charge in [0, 0.05) is 5.92 Å². The molecule has 1 aliphatic carbocycles. The first-order chi connectivity index (χ1) is 8.65. The predicted octanol–water partition coefficient (Wildman–Crippen LogP) is 0.688. The topological polar surface area (TPSA) is 102 Å². The van der Waals surface area contributed by atoms with Crippen molar-refractivity contribution in [1.29, 1.82) is 0 Å². The summed E-state index contributed by atoms with van der Waals surface area (Å²) in [6.45, 7) is 2.24. The number of H-pyrrole nitrogens is 1. The zero-order valence-electron chi connectivity index (χ0n) is 10.3. The summed E-state index contributed by atoms with van der Waals surface area (Å²) in [6, 6.07) is 0. The smallest absolute Gasteiger partial charge is 0.297 e. The van der Waals surface area contributed by atoms with E-state index in [0.717, 1.165) is 18.7 Å². The molecule has 1 aliphatic rings. The van der Waals surface area contributed by atoms with Gasteiger partial charge < -0.3 is 5.73 Å². The Morgan fingerprint density at radius 2 is 2.22 bits per heavy atom. The number of aromatic nitrogens is 5. The molecule has 0 aliphatic heterocycles. The van der Waals surface area contributed by atoms with E-state index < -0.39 is 0 Å². The summed E-state index contributed by atoms with van der Waals surface area (Å²) in [5, 5.41) is 12.2. The van der Waals surface area contributed by atoms with Crippen LogP contribution in [-0.4, -0.2) is 24.8 Å². The molecule has 2 heterocycles. The number of aromatic amines is 1. The van der Waals surface area contributed by atoms with E-state index in [4.69, 9.17) is 5.73 Å². The van der Waals surface area contributed by atoms with Gasteiger partial charge in [0.2, 0.25) is 11.6 Å². The number of fused-ring (bicyclic) bond motifs is 1. The first kappa shape index (κ1) is 11.2. The molecule has 0 radical (unpaired) electrons. The van der Waals surface area contributed by atoms with Crippen LogP contribution in [0.15, 0.2) is 4.79 Å². The minimum absolute atomic E-state index is 0.0948. The molecule has 0 saturated heterocycles. The Morgan fingerprint density at radius 1 is 1.39 bits per heavy atom. The second kappa shape index (κ2) is 4.08. The van der Waals surface area contributed by atoms with Gasteiger partial charge in [-0.05, 0) is 18.8 Å². The van der Waals surface area contributed by atoms with Gasteiger partial charge in [-0.2, -0.15) is 4.52 Å². The second-order valence-electron chi connectivity index (χ2n) is 5.10. The van der Waals surface area contributed by atoms with Crippen LogP contribution in [0, 0.1) is 5.92 Å². The van der Waals surface area contributed by atoms with Crippen LogP contribution < -0.4 is 11.3 Å². The third-order valence-corrected chi connectivity index (χ3v) is 3.62. The number of hydrogen-bond donors (Lipinski definition) is 2. The highest BCUT2D eigenvalue weighted by molar-refractivity contribution is 5.35. The number of nitrogen functional groups attached to an aromatic ring is 1. The molecule has 0 bridgehead atoms. The molecule has 1 fully saturated rings. The first-order valence-corrected chi connectivity index (χ1v) is 6.26. The Kier molecular flexibility index (Phi) is 2.53. The molecule has 18 heavy (non-hydrogen) atoms. The molecule has 2 unspecified atom stereocenters. The van der Waals surface area contributed by atoms with Crippen LogP contribution in [0.3, 0.4) is 0 Å². The van der Waals surface area contributed by atoms with Crippen molar-refractivity contribution in [3.8, 4) is 0 Å². The second-order valence-corrected chi connectivity index (χ2v) is 5.10. The van der Waals surface area contributed by atoms with Crippen LogP contribution in [0.25, 0.3) is 5.65 Å². The van der Waals surface area contributed by atoms with E-state index in [1.165, 1.54) is 17.4 Å². The molecule has 0 spiro atoms. The zero-order chi connectivity index (χ0) is 12.7. The number of rotatable bonds is 1. The van der Waals surface area contributed by atoms with Crippen molar-refractivity contribution < 1.29 is 0 Å². The van der Waals surface area contributed by atoms with Gasteiger partial charge in [0.25, 0.3) is 5.56 Å². The lowest BCUT2D eigenvalue weighted by Gasteiger charge is -2.24.